The van der Waals surface area contributed by atoms with Crippen molar-refractivity contribution in [3.05, 3.63) is 22.7 Å². The van der Waals surface area contributed by atoms with E-state index in [0.717, 1.165) is 31.6 Å². The molecule has 5 nitrogen and oxygen atoms in total. The molecule has 1 aromatic rings. The van der Waals surface area contributed by atoms with Crippen LogP contribution in [0.1, 0.15) is 31.4 Å². The summed E-state index contributed by atoms with van der Waals surface area (Å²) in [4.78, 5) is 2.51. The highest BCUT2D eigenvalue weighted by Crippen LogP contribution is 2.43. The van der Waals surface area contributed by atoms with Crippen LogP contribution in [-0.4, -0.2) is 44.5 Å². The largest absolute Gasteiger partial charge is 0.493 e. The maximum Gasteiger partial charge on any atom is 0.179 e. The molecule has 1 aromatic carbocycles. The van der Waals surface area contributed by atoms with Gasteiger partial charge in [0, 0.05) is 31.1 Å². The Kier molecular flexibility index (Phi) is 4.97. The van der Waals surface area contributed by atoms with Crippen molar-refractivity contribution >= 4 is 17.3 Å². The number of hydrazone groups is 1. The molecular formula is C17H24ClN3O2. The van der Waals surface area contributed by atoms with Crippen LogP contribution < -0.4 is 14.9 Å². The summed E-state index contributed by atoms with van der Waals surface area (Å²) >= 11 is 6.59. The second-order valence-corrected chi connectivity index (χ2v) is 6.45. The minimum atomic E-state index is 0.0944. The van der Waals surface area contributed by atoms with E-state index in [9.17, 15) is 0 Å². The lowest BCUT2D eigenvalue weighted by molar-refractivity contribution is 0.228. The Morgan fingerprint density at radius 2 is 2.17 bits per heavy atom. The Morgan fingerprint density at radius 1 is 1.35 bits per heavy atom. The van der Waals surface area contributed by atoms with E-state index in [0.29, 0.717) is 22.4 Å². The van der Waals surface area contributed by atoms with Crippen molar-refractivity contribution in [1.29, 1.82) is 0 Å². The fraction of sp³-hybridized carbons (Fsp3) is 0.588. The Labute approximate surface area is 142 Å². The topological polar surface area (TPSA) is 46.1 Å². The maximum atomic E-state index is 6.59. The van der Waals surface area contributed by atoms with Gasteiger partial charge in [0.2, 0.25) is 0 Å². The quantitative estimate of drug-likeness (QED) is 0.897. The first-order valence-corrected chi connectivity index (χ1v) is 8.52. The fourth-order valence-electron chi connectivity index (χ4n) is 3.56. The lowest BCUT2D eigenvalue weighted by atomic mass is 9.86. The van der Waals surface area contributed by atoms with Gasteiger partial charge >= 0.3 is 0 Å². The van der Waals surface area contributed by atoms with Crippen molar-refractivity contribution < 1.29 is 9.47 Å². The number of likely N-dealkylation sites (tertiary alicyclic amines) is 1. The molecule has 6 heteroatoms. The second kappa shape index (κ2) is 6.97. The van der Waals surface area contributed by atoms with Gasteiger partial charge in [0.05, 0.1) is 25.3 Å². The number of hydrogen-bond acceptors (Lipinski definition) is 5. The van der Waals surface area contributed by atoms with Gasteiger partial charge in [0.1, 0.15) is 0 Å². The highest BCUT2D eigenvalue weighted by molar-refractivity contribution is 6.33. The Balaban J connectivity index is 1.88. The molecular weight excluding hydrogens is 314 g/mol. The summed E-state index contributed by atoms with van der Waals surface area (Å²) in [7, 11) is 3.23. The number of nitrogens with zero attached hydrogens (tertiary/aromatic N) is 2. The van der Waals surface area contributed by atoms with E-state index in [1.54, 1.807) is 14.2 Å². The van der Waals surface area contributed by atoms with E-state index < -0.39 is 0 Å². The molecule has 2 aliphatic heterocycles. The van der Waals surface area contributed by atoms with E-state index >= 15 is 0 Å². The number of nitrogens with one attached hydrogen (secondary N) is 1. The van der Waals surface area contributed by atoms with Crippen LogP contribution in [0, 0.1) is 5.92 Å². The summed E-state index contributed by atoms with van der Waals surface area (Å²) in [6, 6.07) is 4.02. The normalized spacial score (nSPS) is 23.9. The first-order chi connectivity index (χ1) is 11.2. The van der Waals surface area contributed by atoms with E-state index in [2.05, 4.69) is 22.4 Å². The predicted octanol–water partition coefficient (Wildman–Crippen LogP) is 3.09. The summed E-state index contributed by atoms with van der Waals surface area (Å²) in [5.41, 5.74) is 5.57. The molecule has 126 valence electrons. The number of methoxy groups -OCH3 is 2. The first kappa shape index (κ1) is 16.4. The van der Waals surface area contributed by atoms with Crippen LogP contribution in [0.3, 0.4) is 0 Å². The highest BCUT2D eigenvalue weighted by atomic mass is 35.5. The Hall–Kier alpha value is -1.46. The van der Waals surface area contributed by atoms with E-state index in [1.165, 1.54) is 12.1 Å². The van der Waals surface area contributed by atoms with Gasteiger partial charge in [-0.15, -0.1) is 0 Å². The van der Waals surface area contributed by atoms with Gasteiger partial charge in [-0.3, -0.25) is 0 Å². The van der Waals surface area contributed by atoms with Gasteiger partial charge in [0.25, 0.3) is 0 Å². The molecule has 3 rings (SSSR count). The zero-order chi connectivity index (χ0) is 16.4. The van der Waals surface area contributed by atoms with Crippen molar-refractivity contribution in [2.45, 2.75) is 25.8 Å². The lowest BCUT2D eigenvalue weighted by Crippen LogP contribution is -2.42. The van der Waals surface area contributed by atoms with Crippen molar-refractivity contribution in [2.24, 2.45) is 11.0 Å². The highest BCUT2D eigenvalue weighted by Gasteiger charge is 2.38. The van der Waals surface area contributed by atoms with Gasteiger partial charge in [-0.2, -0.15) is 5.10 Å². The molecule has 1 N–H and O–H groups in total. The molecule has 0 spiro atoms. The molecule has 0 saturated carbocycles. The monoisotopic (exact) mass is 337 g/mol. The average molecular weight is 338 g/mol. The summed E-state index contributed by atoms with van der Waals surface area (Å²) in [5, 5.41) is 5.16. The summed E-state index contributed by atoms with van der Waals surface area (Å²) in [6.07, 6.45) is 2.20. The zero-order valence-electron chi connectivity index (χ0n) is 13.9. The van der Waals surface area contributed by atoms with Crippen molar-refractivity contribution in [2.75, 3.05) is 33.9 Å². The summed E-state index contributed by atoms with van der Waals surface area (Å²) in [6.45, 7) is 5.47. The van der Waals surface area contributed by atoms with Gasteiger partial charge < -0.3 is 19.8 Å². The number of ether oxygens (including phenoxy) is 2. The predicted molar refractivity (Wildman–Crippen MR) is 92.7 cm³/mol. The molecule has 0 aromatic heterocycles. The van der Waals surface area contributed by atoms with E-state index in [4.69, 9.17) is 21.1 Å². The van der Waals surface area contributed by atoms with E-state index in [1.807, 2.05) is 12.1 Å². The third kappa shape index (κ3) is 3.00. The van der Waals surface area contributed by atoms with Crippen molar-refractivity contribution in [3.63, 3.8) is 0 Å². The van der Waals surface area contributed by atoms with Crippen LogP contribution in [0.5, 0.6) is 11.5 Å². The van der Waals surface area contributed by atoms with E-state index in [-0.39, 0.29) is 6.04 Å². The Morgan fingerprint density at radius 3 is 2.87 bits per heavy atom. The first-order valence-electron chi connectivity index (χ1n) is 8.14. The second-order valence-electron chi connectivity index (χ2n) is 6.07. The van der Waals surface area contributed by atoms with Crippen molar-refractivity contribution in [1.82, 2.24) is 10.3 Å². The molecule has 2 unspecified atom stereocenters. The van der Waals surface area contributed by atoms with Gasteiger partial charge in [-0.05, 0) is 24.6 Å². The minimum Gasteiger partial charge on any atom is -0.493 e. The summed E-state index contributed by atoms with van der Waals surface area (Å²) in [5.74, 6) is 1.60. The molecule has 1 saturated heterocycles. The average Bonchev–Trinajstić information content (AvgIpc) is 2.98. The van der Waals surface area contributed by atoms with Crippen LogP contribution >= 0.6 is 11.6 Å². The molecule has 0 aliphatic carbocycles. The smallest absolute Gasteiger partial charge is 0.179 e. The molecule has 1 fully saturated rings. The maximum absolute atomic E-state index is 6.59. The van der Waals surface area contributed by atoms with Crippen LogP contribution in [0.2, 0.25) is 5.02 Å². The number of fused-ring (bicyclic) bond motifs is 1. The van der Waals surface area contributed by atoms with Crippen molar-refractivity contribution in [3.8, 4) is 11.5 Å². The number of hydrogen-bond donors (Lipinski definition) is 1. The van der Waals surface area contributed by atoms with Crippen LogP contribution in [0.25, 0.3) is 0 Å². The van der Waals surface area contributed by atoms with Gasteiger partial charge in [-0.1, -0.05) is 24.6 Å². The van der Waals surface area contributed by atoms with Crippen LogP contribution in [0.15, 0.2) is 17.2 Å². The molecule has 2 aliphatic rings. The fourth-order valence-corrected chi connectivity index (χ4v) is 3.91. The molecule has 0 amide bonds. The number of benzene rings is 1. The van der Waals surface area contributed by atoms with Gasteiger partial charge in [-0.25, -0.2) is 0 Å². The number of halogens is 1. The standard InChI is InChI=1S/C17H24ClN3O2/c1-4-8-21-9-7-13-12(10-21)16(20-19-13)11-5-6-14(22-2)17(23-3)15(11)18/h5-6,12,16,20H,4,7-10H2,1-3H3. The van der Waals surface area contributed by atoms with Gasteiger partial charge in [0.15, 0.2) is 11.5 Å². The third-order valence-electron chi connectivity index (χ3n) is 4.71. The number of rotatable bonds is 5. The lowest BCUT2D eigenvalue weighted by Gasteiger charge is -2.33. The van der Waals surface area contributed by atoms with Crippen LogP contribution in [-0.2, 0) is 0 Å². The number of piperidine rings is 1. The Bertz CT molecular complexity index is 606. The molecule has 2 atom stereocenters. The SMILES string of the molecule is CCCN1CCC2=NNC(c3ccc(OC)c(OC)c3Cl)C2C1. The molecule has 2 heterocycles. The molecule has 23 heavy (non-hydrogen) atoms. The molecule has 0 radical (unpaired) electrons. The minimum absolute atomic E-state index is 0.0944. The zero-order valence-corrected chi connectivity index (χ0v) is 14.7. The summed E-state index contributed by atoms with van der Waals surface area (Å²) < 4.78 is 10.8. The molecule has 0 bridgehead atoms. The van der Waals surface area contributed by atoms with Crippen LogP contribution in [0.4, 0.5) is 0 Å². The third-order valence-corrected chi connectivity index (χ3v) is 5.10.